The first-order valence-electron chi connectivity index (χ1n) is 4.80. The molecule has 1 fully saturated rings. The normalized spacial score (nSPS) is 15.8. The van der Waals surface area contributed by atoms with Gasteiger partial charge in [-0.05, 0) is 49.9 Å². The van der Waals surface area contributed by atoms with Crippen molar-refractivity contribution < 1.29 is 0 Å². The van der Waals surface area contributed by atoms with Crippen LogP contribution < -0.4 is 11.1 Å². The lowest BCUT2D eigenvalue weighted by Crippen LogP contribution is -2.03. The third kappa shape index (κ3) is 1.77. The van der Waals surface area contributed by atoms with Crippen LogP contribution in [0.3, 0.4) is 0 Å². The molecule has 0 spiro atoms. The molecular formula is C11H16N2. The Hall–Kier alpha value is -1.18. The summed E-state index contributed by atoms with van der Waals surface area (Å²) in [6.07, 6.45) is 2.62. The fourth-order valence-corrected chi connectivity index (χ4v) is 1.52. The first kappa shape index (κ1) is 8.42. The number of rotatable bonds is 2. The Morgan fingerprint density at radius 3 is 2.23 bits per heavy atom. The Bertz CT molecular complexity index is 304. The molecule has 2 rings (SSSR count). The van der Waals surface area contributed by atoms with Gasteiger partial charge in [0.1, 0.15) is 0 Å². The van der Waals surface area contributed by atoms with Crippen molar-refractivity contribution in [3.05, 3.63) is 23.3 Å². The number of benzene rings is 1. The molecular weight excluding hydrogens is 160 g/mol. The van der Waals surface area contributed by atoms with Gasteiger partial charge in [0, 0.05) is 17.4 Å². The van der Waals surface area contributed by atoms with Crippen molar-refractivity contribution in [2.75, 3.05) is 11.1 Å². The van der Waals surface area contributed by atoms with Crippen LogP contribution in [0.15, 0.2) is 12.1 Å². The summed E-state index contributed by atoms with van der Waals surface area (Å²) >= 11 is 0. The van der Waals surface area contributed by atoms with Crippen molar-refractivity contribution in [3.63, 3.8) is 0 Å². The Balaban J connectivity index is 2.25. The highest BCUT2D eigenvalue weighted by molar-refractivity contribution is 5.62. The van der Waals surface area contributed by atoms with Gasteiger partial charge in [0.25, 0.3) is 0 Å². The second kappa shape index (κ2) is 2.95. The molecule has 70 valence electrons. The van der Waals surface area contributed by atoms with Gasteiger partial charge in [0.15, 0.2) is 0 Å². The Morgan fingerprint density at radius 1 is 1.23 bits per heavy atom. The van der Waals surface area contributed by atoms with Crippen LogP contribution in [0.1, 0.15) is 24.0 Å². The molecule has 1 saturated carbocycles. The van der Waals surface area contributed by atoms with Gasteiger partial charge in [-0.15, -0.1) is 0 Å². The van der Waals surface area contributed by atoms with Crippen LogP contribution in [0.5, 0.6) is 0 Å². The fourth-order valence-electron chi connectivity index (χ4n) is 1.52. The number of nitrogens with two attached hydrogens (primary N) is 1. The van der Waals surface area contributed by atoms with Crippen LogP contribution in [-0.2, 0) is 0 Å². The number of nitrogens with one attached hydrogen (secondary N) is 1. The lowest BCUT2D eigenvalue weighted by Gasteiger charge is -2.10. The maximum Gasteiger partial charge on any atom is 0.0374 e. The van der Waals surface area contributed by atoms with E-state index in [1.807, 2.05) is 0 Å². The molecule has 1 aromatic rings. The Labute approximate surface area is 79.1 Å². The van der Waals surface area contributed by atoms with Crippen LogP contribution in [0.4, 0.5) is 11.4 Å². The highest BCUT2D eigenvalue weighted by Crippen LogP contribution is 2.28. The number of hydrogen-bond donors (Lipinski definition) is 2. The summed E-state index contributed by atoms with van der Waals surface area (Å²) in [6.45, 7) is 4.11. The van der Waals surface area contributed by atoms with Gasteiger partial charge >= 0.3 is 0 Å². The van der Waals surface area contributed by atoms with Crippen LogP contribution in [-0.4, -0.2) is 6.04 Å². The lowest BCUT2D eigenvalue weighted by molar-refractivity contribution is 1.15. The van der Waals surface area contributed by atoms with E-state index in [-0.39, 0.29) is 0 Å². The van der Waals surface area contributed by atoms with Crippen LogP contribution in [0.2, 0.25) is 0 Å². The summed E-state index contributed by atoms with van der Waals surface area (Å²) in [6, 6.07) is 4.96. The minimum atomic E-state index is 0.711. The molecule has 1 aromatic carbocycles. The summed E-state index contributed by atoms with van der Waals surface area (Å²) in [5.74, 6) is 0. The van der Waals surface area contributed by atoms with Crippen molar-refractivity contribution >= 4 is 11.4 Å². The van der Waals surface area contributed by atoms with Crippen molar-refractivity contribution in [2.24, 2.45) is 0 Å². The second-order valence-electron chi connectivity index (χ2n) is 3.94. The number of nitrogen functional groups attached to an aromatic ring is 1. The van der Waals surface area contributed by atoms with E-state index >= 15 is 0 Å². The van der Waals surface area contributed by atoms with Crippen molar-refractivity contribution in [2.45, 2.75) is 32.7 Å². The summed E-state index contributed by atoms with van der Waals surface area (Å²) in [7, 11) is 0. The first-order chi connectivity index (χ1) is 6.16. The van der Waals surface area contributed by atoms with Gasteiger partial charge in [0.2, 0.25) is 0 Å². The van der Waals surface area contributed by atoms with Crippen LogP contribution in [0, 0.1) is 13.8 Å². The standard InChI is InChI=1S/C11H16N2/c1-7-5-10(13-9-3-4-9)6-8(2)11(7)12/h5-6,9,13H,3-4,12H2,1-2H3. The molecule has 1 aliphatic carbocycles. The number of aryl methyl sites for hydroxylation is 2. The summed E-state index contributed by atoms with van der Waals surface area (Å²) < 4.78 is 0. The SMILES string of the molecule is Cc1cc(NC2CC2)cc(C)c1N. The summed E-state index contributed by atoms with van der Waals surface area (Å²) in [5, 5.41) is 3.47. The second-order valence-corrected chi connectivity index (χ2v) is 3.94. The van der Waals surface area contributed by atoms with E-state index in [4.69, 9.17) is 5.73 Å². The number of hydrogen-bond acceptors (Lipinski definition) is 2. The third-order valence-corrected chi connectivity index (χ3v) is 2.54. The highest BCUT2D eigenvalue weighted by atomic mass is 14.9. The van der Waals surface area contributed by atoms with Crippen LogP contribution in [0.25, 0.3) is 0 Å². The topological polar surface area (TPSA) is 38.0 Å². The molecule has 13 heavy (non-hydrogen) atoms. The third-order valence-electron chi connectivity index (χ3n) is 2.54. The monoisotopic (exact) mass is 176 g/mol. The molecule has 2 nitrogen and oxygen atoms in total. The molecule has 3 N–H and O–H groups in total. The average molecular weight is 176 g/mol. The van der Waals surface area contributed by atoms with E-state index in [0.717, 1.165) is 5.69 Å². The van der Waals surface area contributed by atoms with Crippen molar-refractivity contribution in [1.82, 2.24) is 0 Å². The lowest BCUT2D eigenvalue weighted by atomic mass is 10.1. The van der Waals surface area contributed by atoms with Gasteiger partial charge < -0.3 is 11.1 Å². The van der Waals surface area contributed by atoms with E-state index in [0.29, 0.717) is 6.04 Å². The molecule has 0 bridgehead atoms. The van der Waals surface area contributed by atoms with Crippen LogP contribution >= 0.6 is 0 Å². The van der Waals surface area contributed by atoms with Crippen molar-refractivity contribution in [3.8, 4) is 0 Å². The molecule has 0 amide bonds. The van der Waals surface area contributed by atoms with Gasteiger partial charge in [0.05, 0.1) is 0 Å². The predicted octanol–water partition coefficient (Wildman–Crippen LogP) is 2.46. The zero-order valence-electron chi connectivity index (χ0n) is 8.22. The van der Waals surface area contributed by atoms with Gasteiger partial charge in [-0.3, -0.25) is 0 Å². The van der Waals surface area contributed by atoms with Gasteiger partial charge in [-0.1, -0.05) is 0 Å². The van der Waals surface area contributed by atoms with E-state index in [1.54, 1.807) is 0 Å². The molecule has 0 radical (unpaired) electrons. The maximum atomic E-state index is 5.87. The molecule has 0 saturated heterocycles. The molecule has 0 atom stereocenters. The van der Waals surface area contributed by atoms with E-state index in [2.05, 4.69) is 31.3 Å². The molecule has 0 aliphatic heterocycles. The largest absolute Gasteiger partial charge is 0.398 e. The zero-order chi connectivity index (χ0) is 9.42. The smallest absolute Gasteiger partial charge is 0.0374 e. The van der Waals surface area contributed by atoms with E-state index < -0.39 is 0 Å². The fraction of sp³-hybridized carbons (Fsp3) is 0.455. The summed E-state index contributed by atoms with van der Waals surface area (Å²) in [5.41, 5.74) is 10.3. The van der Waals surface area contributed by atoms with Gasteiger partial charge in [-0.25, -0.2) is 0 Å². The number of anilines is 2. The zero-order valence-corrected chi connectivity index (χ0v) is 8.22. The minimum Gasteiger partial charge on any atom is -0.398 e. The molecule has 1 aliphatic rings. The molecule has 0 aromatic heterocycles. The summed E-state index contributed by atoms with van der Waals surface area (Å²) in [4.78, 5) is 0. The van der Waals surface area contributed by atoms with Crippen molar-refractivity contribution in [1.29, 1.82) is 0 Å². The van der Waals surface area contributed by atoms with E-state index in [1.165, 1.54) is 29.7 Å². The average Bonchev–Trinajstić information content (AvgIpc) is 2.84. The first-order valence-corrected chi connectivity index (χ1v) is 4.80. The molecule has 0 heterocycles. The Kier molecular flexibility index (Phi) is 1.91. The van der Waals surface area contributed by atoms with E-state index in [9.17, 15) is 0 Å². The van der Waals surface area contributed by atoms with Gasteiger partial charge in [-0.2, -0.15) is 0 Å². The Morgan fingerprint density at radius 2 is 1.77 bits per heavy atom. The highest BCUT2D eigenvalue weighted by Gasteiger charge is 2.20. The minimum absolute atomic E-state index is 0.711. The molecule has 2 heteroatoms. The quantitative estimate of drug-likeness (QED) is 0.679. The maximum absolute atomic E-state index is 5.87. The molecule has 0 unspecified atom stereocenters. The predicted molar refractivity (Wildman–Crippen MR) is 57.0 cm³/mol.